The predicted molar refractivity (Wildman–Crippen MR) is 73.3 cm³/mol. The molecule has 0 amide bonds. The Kier molecular flexibility index (Phi) is 2.98. The van der Waals surface area contributed by atoms with E-state index in [1.54, 1.807) is 0 Å². The van der Waals surface area contributed by atoms with E-state index in [2.05, 4.69) is 14.9 Å². The van der Waals surface area contributed by atoms with Crippen LogP contribution in [0.2, 0.25) is 0 Å². The van der Waals surface area contributed by atoms with E-state index < -0.39 is 9.84 Å². The van der Waals surface area contributed by atoms with Gasteiger partial charge in [0, 0.05) is 18.9 Å². The number of hydrogen-bond acceptors (Lipinski definition) is 6. The third kappa shape index (κ3) is 2.21. The highest BCUT2D eigenvalue weighted by molar-refractivity contribution is 14.1. The lowest BCUT2D eigenvalue weighted by atomic mass is 10.2. The van der Waals surface area contributed by atoms with Crippen LogP contribution in [0.15, 0.2) is 11.2 Å². The van der Waals surface area contributed by atoms with Crippen LogP contribution in [0.1, 0.15) is 6.42 Å². The van der Waals surface area contributed by atoms with Crippen molar-refractivity contribution < 1.29 is 13.2 Å². The van der Waals surface area contributed by atoms with Crippen LogP contribution >= 0.6 is 22.6 Å². The summed E-state index contributed by atoms with van der Waals surface area (Å²) in [4.78, 5) is 10.3. The Morgan fingerprint density at radius 1 is 1.50 bits per heavy atom. The monoisotopic (exact) mass is 381 g/mol. The van der Waals surface area contributed by atoms with Gasteiger partial charge >= 0.3 is 0 Å². The van der Waals surface area contributed by atoms with Gasteiger partial charge in [0.15, 0.2) is 0 Å². The van der Waals surface area contributed by atoms with Gasteiger partial charge in [-0.25, -0.2) is 18.4 Å². The molecule has 0 spiro atoms. The summed E-state index contributed by atoms with van der Waals surface area (Å²) < 4.78 is 29.2. The Balaban J connectivity index is 2.00. The van der Waals surface area contributed by atoms with Gasteiger partial charge in [-0.1, -0.05) is 0 Å². The third-order valence-electron chi connectivity index (χ3n) is 3.19. The van der Waals surface area contributed by atoms with Gasteiger partial charge in [0.05, 0.1) is 18.8 Å². The van der Waals surface area contributed by atoms with Crippen LogP contribution in [0, 0.1) is 3.70 Å². The van der Waals surface area contributed by atoms with Crippen molar-refractivity contribution in [2.45, 2.75) is 23.7 Å². The molecule has 18 heavy (non-hydrogen) atoms. The first-order chi connectivity index (χ1) is 8.43. The zero-order valence-corrected chi connectivity index (χ0v) is 12.7. The molecule has 98 valence electrons. The molecule has 2 aliphatic heterocycles. The molecule has 2 saturated heterocycles. The molecule has 3 rings (SSSR count). The molecule has 0 N–H and O–H groups in total. The Labute approximate surface area is 119 Å². The van der Waals surface area contributed by atoms with E-state index in [0.29, 0.717) is 22.2 Å². The zero-order chi connectivity index (χ0) is 12.9. The first-order valence-electron chi connectivity index (χ1n) is 5.56. The maximum absolute atomic E-state index is 11.5. The van der Waals surface area contributed by atoms with E-state index >= 15 is 0 Å². The van der Waals surface area contributed by atoms with Crippen molar-refractivity contribution in [2.24, 2.45) is 0 Å². The molecule has 3 heterocycles. The van der Waals surface area contributed by atoms with Crippen LogP contribution in [0.3, 0.4) is 0 Å². The zero-order valence-electron chi connectivity index (χ0n) is 9.71. The molecule has 2 aliphatic rings. The van der Waals surface area contributed by atoms with Gasteiger partial charge in [-0.15, -0.1) is 0 Å². The van der Waals surface area contributed by atoms with Crippen LogP contribution in [-0.4, -0.2) is 49.9 Å². The molecule has 6 nitrogen and oxygen atoms in total. The van der Waals surface area contributed by atoms with E-state index in [0.717, 1.165) is 19.2 Å². The molecule has 2 unspecified atom stereocenters. The van der Waals surface area contributed by atoms with E-state index in [9.17, 15) is 8.42 Å². The summed E-state index contributed by atoms with van der Waals surface area (Å²) in [6.07, 6.45) is 2.38. The number of ether oxygens (including phenoxy) is 1. The molecule has 8 heteroatoms. The SMILES string of the molecule is CS(=O)(=O)c1nc(I)cc(N2CC3CC2CO3)n1. The van der Waals surface area contributed by atoms with Crippen LogP contribution in [0.25, 0.3) is 0 Å². The highest BCUT2D eigenvalue weighted by Gasteiger charge is 2.40. The largest absolute Gasteiger partial charge is 0.374 e. The lowest BCUT2D eigenvalue weighted by Crippen LogP contribution is -2.37. The molecular formula is C10H12IN3O3S. The number of rotatable bonds is 2. The fraction of sp³-hybridized carbons (Fsp3) is 0.600. The van der Waals surface area contributed by atoms with Gasteiger partial charge in [-0.3, -0.25) is 0 Å². The Bertz CT molecular complexity index is 592. The molecule has 1 aromatic rings. The number of fused-ring (bicyclic) bond motifs is 2. The highest BCUT2D eigenvalue weighted by Crippen LogP contribution is 2.32. The second-order valence-corrected chi connectivity index (χ2v) is 7.62. The smallest absolute Gasteiger partial charge is 0.249 e. The first kappa shape index (κ1) is 12.5. The van der Waals surface area contributed by atoms with Gasteiger partial charge in [-0.2, -0.15) is 0 Å². The van der Waals surface area contributed by atoms with E-state index in [4.69, 9.17) is 4.74 Å². The van der Waals surface area contributed by atoms with Crippen molar-refractivity contribution in [2.75, 3.05) is 24.3 Å². The summed E-state index contributed by atoms with van der Waals surface area (Å²) >= 11 is 2.01. The number of anilines is 1. The van der Waals surface area contributed by atoms with E-state index in [-0.39, 0.29) is 11.3 Å². The number of hydrogen-bond donors (Lipinski definition) is 0. The lowest BCUT2D eigenvalue weighted by Gasteiger charge is -2.28. The van der Waals surface area contributed by atoms with E-state index in [1.165, 1.54) is 0 Å². The summed E-state index contributed by atoms with van der Waals surface area (Å²) in [6.45, 7) is 1.47. The minimum absolute atomic E-state index is 0.104. The third-order valence-corrected chi connectivity index (χ3v) is 4.59. The second-order valence-electron chi connectivity index (χ2n) is 4.60. The van der Waals surface area contributed by atoms with Crippen LogP contribution in [0.4, 0.5) is 5.82 Å². The molecule has 0 aromatic carbocycles. The van der Waals surface area contributed by atoms with Gasteiger partial charge in [0.1, 0.15) is 9.52 Å². The quantitative estimate of drug-likeness (QED) is 0.421. The average molecular weight is 381 g/mol. The van der Waals surface area contributed by atoms with Crippen molar-refractivity contribution in [1.82, 2.24) is 9.97 Å². The van der Waals surface area contributed by atoms with Gasteiger partial charge in [0.2, 0.25) is 15.0 Å². The molecule has 0 aliphatic carbocycles. The first-order valence-corrected chi connectivity index (χ1v) is 8.53. The van der Waals surface area contributed by atoms with Gasteiger partial charge in [-0.05, 0) is 29.0 Å². The van der Waals surface area contributed by atoms with Crippen LogP contribution in [-0.2, 0) is 14.6 Å². The average Bonchev–Trinajstić information content (AvgIpc) is 2.88. The predicted octanol–water partition coefficient (Wildman–Crippen LogP) is 0.462. The summed E-state index contributed by atoms with van der Waals surface area (Å²) in [5.41, 5.74) is 0. The number of sulfone groups is 1. The fourth-order valence-electron chi connectivity index (χ4n) is 2.38. The van der Waals surface area contributed by atoms with Gasteiger partial charge in [0.25, 0.3) is 0 Å². The summed E-state index contributed by atoms with van der Waals surface area (Å²) in [5.74, 6) is 0.686. The van der Waals surface area contributed by atoms with Crippen LogP contribution in [0.5, 0.6) is 0 Å². The molecule has 2 bridgehead atoms. The maximum atomic E-state index is 11.5. The minimum Gasteiger partial charge on any atom is -0.374 e. The maximum Gasteiger partial charge on any atom is 0.249 e. The topological polar surface area (TPSA) is 72.4 Å². The lowest BCUT2D eigenvalue weighted by molar-refractivity contribution is 0.0988. The minimum atomic E-state index is -3.38. The fourth-order valence-corrected chi connectivity index (χ4v) is 3.57. The Morgan fingerprint density at radius 3 is 2.83 bits per heavy atom. The molecule has 0 saturated carbocycles. The number of aromatic nitrogens is 2. The van der Waals surface area contributed by atoms with Crippen molar-refractivity contribution in [3.05, 3.63) is 9.77 Å². The van der Waals surface area contributed by atoms with Crippen molar-refractivity contribution in [3.8, 4) is 0 Å². The molecule has 1 aromatic heterocycles. The van der Waals surface area contributed by atoms with Crippen molar-refractivity contribution in [1.29, 1.82) is 0 Å². The normalized spacial score (nSPS) is 26.9. The van der Waals surface area contributed by atoms with Crippen LogP contribution < -0.4 is 4.90 Å². The van der Waals surface area contributed by atoms with Crippen molar-refractivity contribution in [3.63, 3.8) is 0 Å². The number of nitrogens with zero attached hydrogens (tertiary/aromatic N) is 3. The molecule has 2 fully saturated rings. The second kappa shape index (κ2) is 4.27. The van der Waals surface area contributed by atoms with Gasteiger partial charge < -0.3 is 9.64 Å². The Hall–Kier alpha value is -0.480. The van der Waals surface area contributed by atoms with E-state index in [1.807, 2.05) is 28.7 Å². The molecule has 0 radical (unpaired) electrons. The highest BCUT2D eigenvalue weighted by atomic mass is 127. The van der Waals surface area contributed by atoms with Crippen molar-refractivity contribution >= 4 is 38.2 Å². The summed E-state index contributed by atoms with van der Waals surface area (Å²) in [7, 11) is -3.38. The number of morpholine rings is 1. The molecule has 2 atom stereocenters. The summed E-state index contributed by atoms with van der Waals surface area (Å²) in [5, 5.41) is -0.104. The number of halogens is 1. The molecular weight excluding hydrogens is 369 g/mol. The standard InChI is InChI=1S/C10H12IN3O3S/c1-18(15,16)10-12-8(11)3-9(13-10)14-4-7-2-6(14)5-17-7/h3,6-7H,2,4-5H2,1H3. The summed E-state index contributed by atoms with van der Waals surface area (Å²) in [6, 6.07) is 2.13. The Morgan fingerprint density at radius 2 is 2.28 bits per heavy atom.